The molecule has 9 heteroatoms. The van der Waals surface area contributed by atoms with Gasteiger partial charge in [0.05, 0.1) is 17.6 Å². The summed E-state index contributed by atoms with van der Waals surface area (Å²) in [5, 5.41) is 39.4. The zero-order valence-electron chi connectivity index (χ0n) is 15.5. The average molecular weight is 479 g/mol. The highest BCUT2D eigenvalue weighted by Gasteiger charge is 2.44. The lowest BCUT2D eigenvalue weighted by Gasteiger charge is -2.39. The van der Waals surface area contributed by atoms with Crippen molar-refractivity contribution in [1.82, 2.24) is 0 Å². The van der Waals surface area contributed by atoms with Crippen LogP contribution in [-0.4, -0.2) is 57.7 Å². The zero-order valence-corrected chi connectivity index (χ0v) is 17.1. The normalized spacial score (nSPS) is 26.6. The average Bonchev–Trinajstić information content (AvgIpc) is 2.75. The monoisotopic (exact) mass is 478 g/mol. The number of aliphatic hydroxyl groups is 4. The topological polar surface area (TPSA) is 130 Å². The van der Waals surface area contributed by atoms with Crippen LogP contribution in [0.2, 0.25) is 0 Å². The summed E-state index contributed by atoms with van der Waals surface area (Å²) < 4.78 is 17.4. The molecule has 8 nitrogen and oxygen atoms in total. The van der Waals surface area contributed by atoms with E-state index in [1.165, 1.54) is 24.5 Å². The van der Waals surface area contributed by atoms with Crippen LogP contribution in [0.15, 0.2) is 62.4 Å². The van der Waals surface area contributed by atoms with Crippen LogP contribution in [0.1, 0.15) is 0 Å². The van der Waals surface area contributed by atoms with Crippen LogP contribution in [0.4, 0.5) is 0 Å². The molecule has 0 radical (unpaired) electrons. The molecule has 0 spiro atoms. The summed E-state index contributed by atoms with van der Waals surface area (Å²) in [4.78, 5) is 12.9. The highest BCUT2D eigenvalue weighted by molar-refractivity contribution is 9.10. The summed E-state index contributed by atoms with van der Waals surface area (Å²) in [6.07, 6.45) is -5.60. The molecule has 0 bridgehead atoms. The van der Waals surface area contributed by atoms with Crippen molar-refractivity contribution in [2.24, 2.45) is 0 Å². The maximum Gasteiger partial charge on any atom is 0.229 e. The van der Waals surface area contributed by atoms with Crippen LogP contribution >= 0.6 is 15.9 Å². The first kappa shape index (κ1) is 21.0. The van der Waals surface area contributed by atoms with Gasteiger partial charge in [-0.25, -0.2) is 0 Å². The molecule has 2 aromatic carbocycles. The second kappa shape index (κ2) is 8.46. The van der Waals surface area contributed by atoms with Gasteiger partial charge in [-0.05, 0) is 29.8 Å². The second-order valence-electron chi connectivity index (χ2n) is 6.96. The third-order valence-electron chi connectivity index (χ3n) is 5.00. The molecule has 0 unspecified atom stereocenters. The van der Waals surface area contributed by atoms with Crippen LogP contribution in [0, 0.1) is 0 Å². The fourth-order valence-electron chi connectivity index (χ4n) is 3.31. The van der Waals surface area contributed by atoms with Crippen LogP contribution in [0.5, 0.6) is 5.75 Å². The number of aliphatic hydroxyl groups excluding tert-OH is 4. The van der Waals surface area contributed by atoms with Gasteiger partial charge in [-0.15, -0.1) is 0 Å². The van der Waals surface area contributed by atoms with Crippen molar-refractivity contribution in [2.75, 3.05) is 6.61 Å². The standard InChI is InChI=1S/C21H19BrO8/c22-11-3-1-10(2-4-11)14-9-28-15-7-12(5-6-13(15)17(14)24)29-21-20(27)19(26)18(25)16(8-23)30-21/h1-7,9,16,18-21,23,25-27H,8H2/t16-,18+,19-,20-,21-/m1/s1. The van der Waals surface area contributed by atoms with Gasteiger partial charge in [-0.3, -0.25) is 4.79 Å². The fourth-order valence-corrected chi connectivity index (χ4v) is 3.57. The molecular weight excluding hydrogens is 460 g/mol. The third kappa shape index (κ3) is 3.87. The first-order valence-corrected chi connectivity index (χ1v) is 9.97. The summed E-state index contributed by atoms with van der Waals surface area (Å²) in [6.45, 7) is -0.559. The molecule has 0 amide bonds. The van der Waals surface area contributed by atoms with Gasteiger partial charge >= 0.3 is 0 Å². The zero-order chi connectivity index (χ0) is 21.4. The number of hydrogen-bond acceptors (Lipinski definition) is 8. The first-order valence-electron chi connectivity index (χ1n) is 9.17. The van der Waals surface area contributed by atoms with Crippen molar-refractivity contribution in [3.8, 4) is 16.9 Å². The summed E-state index contributed by atoms with van der Waals surface area (Å²) in [6, 6.07) is 11.8. The first-order chi connectivity index (χ1) is 14.4. The maximum atomic E-state index is 12.9. The number of benzene rings is 2. The second-order valence-corrected chi connectivity index (χ2v) is 7.87. The van der Waals surface area contributed by atoms with E-state index >= 15 is 0 Å². The Kier molecular flexibility index (Phi) is 5.92. The van der Waals surface area contributed by atoms with Crippen molar-refractivity contribution in [1.29, 1.82) is 0 Å². The predicted octanol–water partition coefficient (Wildman–Crippen LogP) is 1.40. The van der Waals surface area contributed by atoms with Gasteiger partial charge in [0.2, 0.25) is 6.29 Å². The molecule has 3 aromatic rings. The number of halogens is 1. The molecule has 1 aliphatic heterocycles. The van der Waals surface area contributed by atoms with Gasteiger partial charge in [0.1, 0.15) is 42.0 Å². The summed E-state index contributed by atoms with van der Waals surface area (Å²) in [5.41, 5.74) is 1.19. The highest BCUT2D eigenvalue weighted by atomic mass is 79.9. The SMILES string of the molecule is O=c1c(-c2ccc(Br)cc2)coc2cc(O[C@@H]3O[C@H](CO)[C@H](O)[C@@H](O)[C@H]3O)ccc12. The Balaban J connectivity index is 1.62. The van der Waals surface area contributed by atoms with Crippen LogP contribution < -0.4 is 10.2 Å². The van der Waals surface area contributed by atoms with Gasteiger partial charge < -0.3 is 34.3 Å². The highest BCUT2D eigenvalue weighted by Crippen LogP contribution is 2.27. The van der Waals surface area contributed by atoms with Crippen molar-refractivity contribution < 1.29 is 34.3 Å². The molecule has 4 N–H and O–H groups in total. The third-order valence-corrected chi connectivity index (χ3v) is 5.53. The van der Waals surface area contributed by atoms with E-state index < -0.39 is 37.3 Å². The van der Waals surface area contributed by atoms with Crippen LogP contribution in [-0.2, 0) is 4.74 Å². The lowest BCUT2D eigenvalue weighted by molar-refractivity contribution is -0.277. The molecule has 30 heavy (non-hydrogen) atoms. The molecule has 1 aliphatic rings. The summed E-state index contributed by atoms with van der Waals surface area (Å²) in [7, 11) is 0. The van der Waals surface area contributed by atoms with Gasteiger partial charge in [0.25, 0.3) is 0 Å². The van der Waals surface area contributed by atoms with Gasteiger partial charge in [-0.2, -0.15) is 0 Å². The van der Waals surface area contributed by atoms with Crippen LogP contribution in [0.25, 0.3) is 22.1 Å². The van der Waals surface area contributed by atoms with Gasteiger partial charge in [0, 0.05) is 10.5 Å². The number of hydrogen-bond donors (Lipinski definition) is 4. The fraction of sp³-hybridized carbons (Fsp3) is 0.286. The molecule has 5 atom stereocenters. The molecule has 1 aromatic heterocycles. The van der Waals surface area contributed by atoms with Crippen LogP contribution in [0.3, 0.4) is 0 Å². The van der Waals surface area contributed by atoms with E-state index in [1.807, 2.05) is 12.1 Å². The largest absolute Gasteiger partial charge is 0.463 e. The smallest absolute Gasteiger partial charge is 0.229 e. The van der Waals surface area contributed by atoms with Gasteiger partial charge in [-0.1, -0.05) is 28.1 Å². The van der Waals surface area contributed by atoms with E-state index in [0.29, 0.717) is 10.9 Å². The Morgan fingerprint density at radius 2 is 1.73 bits per heavy atom. The summed E-state index contributed by atoms with van der Waals surface area (Å²) >= 11 is 3.36. The molecule has 0 aliphatic carbocycles. The molecule has 4 rings (SSSR count). The number of fused-ring (bicyclic) bond motifs is 1. The van der Waals surface area contributed by atoms with E-state index in [9.17, 15) is 25.2 Å². The van der Waals surface area contributed by atoms with Crippen molar-refractivity contribution in [3.05, 3.63) is 63.4 Å². The van der Waals surface area contributed by atoms with E-state index in [1.54, 1.807) is 12.1 Å². The molecule has 0 saturated carbocycles. The Morgan fingerprint density at radius 1 is 1.00 bits per heavy atom. The Labute approximate surface area is 179 Å². The van der Waals surface area contributed by atoms with E-state index in [2.05, 4.69) is 15.9 Å². The van der Waals surface area contributed by atoms with E-state index in [0.717, 1.165) is 10.0 Å². The lowest BCUT2D eigenvalue weighted by Crippen LogP contribution is -2.60. The molecule has 1 saturated heterocycles. The molecule has 1 fully saturated rings. The number of ether oxygens (including phenoxy) is 2. The van der Waals surface area contributed by atoms with Crippen molar-refractivity contribution in [2.45, 2.75) is 30.7 Å². The Bertz CT molecular complexity index is 1090. The maximum absolute atomic E-state index is 12.9. The number of rotatable bonds is 4. The minimum Gasteiger partial charge on any atom is -0.463 e. The van der Waals surface area contributed by atoms with E-state index in [-0.39, 0.29) is 16.8 Å². The Hall–Kier alpha value is -2.27. The predicted molar refractivity (Wildman–Crippen MR) is 110 cm³/mol. The Morgan fingerprint density at radius 3 is 2.43 bits per heavy atom. The van der Waals surface area contributed by atoms with Crippen molar-refractivity contribution in [3.63, 3.8) is 0 Å². The minimum atomic E-state index is -1.55. The molecule has 2 heterocycles. The molecular formula is C21H19BrO8. The van der Waals surface area contributed by atoms with Crippen molar-refractivity contribution >= 4 is 26.9 Å². The van der Waals surface area contributed by atoms with E-state index in [4.69, 9.17) is 13.9 Å². The minimum absolute atomic E-state index is 0.210. The van der Waals surface area contributed by atoms with Gasteiger partial charge in [0.15, 0.2) is 5.43 Å². The lowest BCUT2D eigenvalue weighted by atomic mass is 9.99. The molecule has 158 valence electrons. The summed E-state index contributed by atoms with van der Waals surface area (Å²) in [5.74, 6) is 0.214. The quantitative estimate of drug-likeness (QED) is 0.442.